The Labute approximate surface area is 228 Å². The van der Waals surface area contributed by atoms with Crippen LogP contribution in [-0.2, 0) is 35.3 Å². The van der Waals surface area contributed by atoms with Gasteiger partial charge >= 0.3 is 5.97 Å². The van der Waals surface area contributed by atoms with E-state index in [9.17, 15) is 14.9 Å². The van der Waals surface area contributed by atoms with Crippen molar-refractivity contribution in [3.63, 3.8) is 0 Å². The first kappa shape index (κ1) is 25.9. The highest BCUT2D eigenvalue weighted by atomic mass is 32.2. The maximum Gasteiger partial charge on any atom is 0.341 e. The second-order valence-corrected chi connectivity index (χ2v) is 12.2. The highest BCUT2D eigenvalue weighted by molar-refractivity contribution is 8.00. The Kier molecular flexibility index (Phi) is 7.95. The Morgan fingerprint density at radius 2 is 2.11 bits per heavy atom. The third-order valence-corrected chi connectivity index (χ3v) is 9.70. The molecule has 3 aromatic rings. The topological polar surface area (TPSA) is 95.3 Å². The van der Waals surface area contributed by atoms with E-state index in [-0.39, 0.29) is 24.2 Å². The summed E-state index contributed by atoms with van der Waals surface area (Å²) in [5.74, 6) is -0.511. The molecule has 0 aromatic carbocycles. The lowest BCUT2D eigenvalue weighted by Crippen LogP contribution is -2.28. The van der Waals surface area contributed by atoms with Gasteiger partial charge in [0.25, 0.3) is 0 Å². The predicted octanol–water partition coefficient (Wildman–Crippen LogP) is 5.52. The van der Waals surface area contributed by atoms with Crippen LogP contribution in [0.2, 0.25) is 0 Å². The molecule has 3 aromatic heterocycles. The summed E-state index contributed by atoms with van der Waals surface area (Å²) in [5, 5.41) is 16.3. The fraction of sp³-hybridized carbons (Fsp3) is 0.407. The summed E-state index contributed by atoms with van der Waals surface area (Å²) in [6, 6.07) is 6.40. The predicted molar refractivity (Wildman–Crippen MR) is 149 cm³/mol. The molecule has 1 aliphatic carbocycles. The van der Waals surface area contributed by atoms with Crippen LogP contribution in [0.15, 0.2) is 22.5 Å². The summed E-state index contributed by atoms with van der Waals surface area (Å²) in [5.41, 5.74) is 5.09. The van der Waals surface area contributed by atoms with Crippen molar-refractivity contribution in [1.82, 2.24) is 9.88 Å². The number of aryl methyl sites for hydroxylation is 1. The maximum atomic E-state index is 13.1. The second kappa shape index (κ2) is 11.4. The van der Waals surface area contributed by atoms with Crippen molar-refractivity contribution in [3.8, 4) is 16.5 Å². The number of nitrogens with zero attached hydrogens (tertiary/aromatic N) is 3. The number of ether oxygens (including phenoxy) is 1. The van der Waals surface area contributed by atoms with Gasteiger partial charge in [0.15, 0.2) is 0 Å². The minimum atomic E-state index is -0.376. The molecule has 192 valence electrons. The smallest absolute Gasteiger partial charge is 0.341 e. The number of carbonyl (C=O) groups is 2. The number of pyridine rings is 1. The SMILES string of the molecule is CCOC(=O)c1c(NC(=O)CSc2nc3c(c(-c4cccs4)c2C#N)CN(C)CC3)sc2c1CCCC2. The minimum Gasteiger partial charge on any atom is -0.462 e. The molecular formula is C27H28N4O3S3. The van der Waals surface area contributed by atoms with E-state index < -0.39 is 0 Å². The maximum absolute atomic E-state index is 13.1. The van der Waals surface area contributed by atoms with Crippen LogP contribution in [0.5, 0.6) is 0 Å². The van der Waals surface area contributed by atoms with E-state index in [0.29, 0.717) is 21.2 Å². The molecule has 1 N–H and O–H groups in total. The standard InChI is InChI=1S/C27H28N4O3S3/c1-3-34-27(33)24-16-7-4-5-8-20(16)37-26(24)30-22(32)15-36-25-17(13-28)23(21-9-6-12-35-21)18-14-31(2)11-10-19(18)29-25/h6,9,12H,3-5,7-8,10-11,14-15H2,1-2H3,(H,30,32). The molecule has 0 radical (unpaired) electrons. The van der Waals surface area contributed by atoms with Crippen molar-refractivity contribution >= 4 is 51.3 Å². The molecule has 0 fully saturated rings. The third-order valence-electron chi connectivity index (χ3n) is 6.63. The van der Waals surface area contributed by atoms with Crippen LogP contribution in [0.1, 0.15) is 57.4 Å². The van der Waals surface area contributed by atoms with E-state index in [1.54, 1.807) is 18.3 Å². The molecule has 5 rings (SSSR count). The number of amides is 1. The average Bonchev–Trinajstić information content (AvgIpc) is 3.54. The van der Waals surface area contributed by atoms with Crippen LogP contribution in [0, 0.1) is 11.3 Å². The van der Waals surface area contributed by atoms with Gasteiger partial charge in [-0.2, -0.15) is 5.26 Å². The number of carbonyl (C=O) groups excluding carboxylic acids is 2. The zero-order valence-electron chi connectivity index (χ0n) is 20.9. The molecule has 7 nitrogen and oxygen atoms in total. The van der Waals surface area contributed by atoms with Gasteiger partial charge in [0, 0.05) is 40.5 Å². The number of nitriles is 1. The van der Waals surface area contributed by atoms with E-state index >= 15 is 0 Å². The van der Waals surface area contributed by atoms with Gasteiger partial charge in [0.05, 0.1) is 23.5 Å². The Bertz CT molecular complexity index is 1370. The normalized spacial score (nSPS) is 14.9. The summed E-state index contributed by atoms with van der Waals surface area (Å²) >= 11 is 4.36. The van der Waals surface area contributed by atoms with E-state index in [1.165, 1.54) is 23.1 Å². The lowest BCUT2D eigenvalue weighted by atomic mass is 9.95. The second-order valence-electron chi connectivity index (χ2n) is 9.14. The average molecular weight is 553 g/mol. The molecule has 0 saturated heterocycles. The fourth-order valence-electron chi connectivity index (χ4n) is 4.94. The van der Waals surface area contributed by atoms with Gasteiger partial charge in [-0.3, -0.25) is 4.79 Å². The lowest BCUT2D eigenvalue weighted by molar-refractivity contribution is -0.113. The lowest BCUT2D eigenvalue weighted by Gasteiger charge is -2.27. The zero-order chi connectivity index (χ0) is 25.9. The first-order chi connectivity index (χ1) is 18.0. The number of hydrogen-bond acceptors (Lipinski definition) is 9. The van der Waals surface area contributed by atoms with E-state index in [0.717, 1.165) is 77.3 Å². The number of rotatable bonds is 7. The minimum absolute atomic E-state index is 0.0923. The molecule has 0 bridgehead atoms. The zero-order valence-corrected chi connectivity index (χ0v) is 23.3. The number of aromatic nitrogens is 1. The van der Waals surface area contributed by atoms with Crippen molar-refractivity contribution in [2.24, 2.45) is 0 Å². The van der Waals surface area contributed by atoms with Gasteiger partial charge in [-0.25, -0.2) is 9.78 Å². The monoisotopic (exact) mass is 552 g/mol. The Morgan fingerprint density at radius 3 is 2.86 bits per heavy atom. The highest BCUT2D eigenvalue weighted by Crippen LogP contribution is 2.40. The summed E-state index contributed by atoms with van der Waals surface area (Å²) in [4.78, 5) is 35.1. The number of fused-ring (bicyclic) bond motifs is 2. The van der Waals surface area contributed by atoms with Gasteiger partial charge in [-0.05, 0) is 62.2 Å². The van der Waals surface area contributed by atoms with Crippen molar-refractivity contribution in [2.45, 2.75) is 50.6 Å². The van der Waals surface area contributed by atoms with Crippen LogP contribution in [0.25, 0.3) is 10.4 Å². The summed E-state index contributed by atoms with van der Waals surface area (Å²) < 4.78 is 5.31. The van der Waals surface area contributed by atoms with Gasteiger partial charge < -0.3 is 15.0 Å². The molecule has 0 atom stereocenters. The summed E-state index contributed by atoms with van der Waals surface area (Å²) in [6.07, 6.45) is 4.67. The van der Waals surface area contributed by atoms with Gasteiger partial charge in [-0.1, -0.05) is 17.8 Å². The quantitative estimate of drug-likeness (QED) is 0.305. The molecule has 37 heavy (non-hydrogen) atoms. The highest BCUT2D eigenvalue weighted by Gasteiger charge is 2.28. The molecule has 0 saturated carbocycles. The van der Waals surface area contributed by atoms with Gasteiger partial charge in [-0.15, -0.1) is 22.7 Å². The van der Waals surface area contributed by atoms with E-state index in [2.05, 4.69) is 23.3 Å². The Balaban J connectivity index is 1.41. The van der Waals surface area contributed by atoms with Gasteiger partial charge in [0.2, 0.25) is 5.91 Å². The van der Waals surface area contributed by atoms with Crippen molar-refractivity contribution < 1.29 is 14.3 Å². The molecule has 0 unspecified atom stereocenters. The van der Waals surface area contributed by atoms with E-state index in [1.807, 2.05) is 17.5 Å². The van der Waals surface area contributed by atoms with Crippen molar-refractivity contribution in [2.75, 3.05) is 31.3 Å². The Hall–Kier alpha value is -2.71. The number of nitrogens with one attached hydrogen (secondary N) is 1. The molecule has 1 amide bonds. The molecular weight excluding hydrogens is 525 g/mol. The van der Waals surface area contributed by atoms with Crippen LogP contribution < -0.4 is 5.32 Å². The molecule has 4 heterocycles. The number of hydrogen-bond donors (Lipinski definition) is 1. The third kappa shape index (κ3) is 5.32. The van der Waals surface area contributed by atoms with Gasteiger partial charge in [0.1, 0.15) is 16.1 Å². The molecule has 10 heteroatoms. The number of anilines is 1. The van der Waals surface area contributed by atoms with Crippen LogP contribution in [-0.4, -0.2) is 47.7 Å². The van der Waals surface area contributed by atoms with Crippen molar-refractivity contribution in [3.05, 3.63) is 50.3 Å². The van der Waals surface area contributed by atoms with E-state index in [4.69, 9.17) is 9.72 Å². The summed E-state index contributed by atoms with van der Waals surface area (Å²) in [7, 11) is 2.08. The largest absolute Gasteiger partial charge is 0.462 e. The first-order valence-electron chi connectivity index (χ1n) is 12.4. The number of esters is 1. The number of likely N-dealkylation sites (N-methyl/N-ethyl adjacent to an activating group) is 1. The van der Waals surface area contributed by atoms with Crippen LogP contribution in [0.4, 0.5) is 5.00 Å². The first-order valence-corrected chi connectivity index (χ1v) is 15.1. The number of thiophene rings is 2. The summed E-state index contributed by atoms with van der Waals surface area (Å²) in [6.45, 7) is 3.72. The molecule has 0 spiro atoms. The van der Waals surface area contributed by atoms with Crippen LogP contribution in [0.3, 0.4) is 0 Å². The van der Waals surface area contributed by atoms with Crippen LogP contribution >= 0.6 is 34.4 Å². The van der Waals surface area contributed by atoms with Crippen molar-refractivity contribution in [1.29, 1.82) is 5.26 Å². The molecule has 2 aliphatic rings. The molecule has 1 aliphatic heterocycles. The Morgan fingerprint density at radius 1 is 1.27 bits per heavy atom. The fourth-order valence-corrected chi connectivity index (χ4v) is 7.85. The number of thioether (sulfide) groups is 1.